The summed E-state index contributed by atoms with van der Waals surface area (Å²) in [4.78, 5) is 18.5. The third kappa shape index (κ3) is 3.26. The number of H-pyrrole nitrogens is 1. The molecule has 0 saturated carbocycles. The van der Waals surface area contributed by atoms with E-state index >= 15 is 0 Å². The molecular weight excluding hydrogens is 247 g/mol. The van der Waals surface area contributed by atoms with Crippen molar-refractivity contribution >= 4 is 0 Å². The molecule has 0 bridgehead atoms. The molecule has 0 unspecified atom stereocenters. The molecule has 2 aromatic rings. The second kappa shape index (κ2) is 5.75. The van der Waals surface area contributed by atoms with E-state index in [2.05, 4.69) is 9.97 Å². The van der Waals surface area contributed by atoms with Gasteiger partial charge >= 0.3 is 0 Å². The standard InChI is InChI=1S/C14H15FN2O2/c1-3-19-8-13-16-12(7-14(18)17-13)11-6-10(15)5-4-9(11)2/h4-7H,3,8H2,1-2H3,(H,16,17,18). The van der Waals surface area contributed by atoms with E-state index in [1.54, 1.807) is 6.07 Å². The van der Waals surface area contributed by atoms with Crippen LogP contribution in [0.1, 0.15) is 18.3 Å². The number of hydrogen-bond acceptors (Lipinski definition) is 3. The highest BCUT2D eigenvalue weighted by molar-refractivity contribution is 5.63. The summed E-state index contributed by atoms with van der Waals surface area (Å²) in [7, 11) is 0. The SMILES string of the molecule is CCOCc1nc(-c2cc(F)ccc2C)cc(=O)[nH]1. The van der Waals surface area contributed by atoms with Crippen molar-refractivity contribution in [2.24, 2.45) is 0 Å². The number of halogens is 1. The van der Waals surface area contributed by atoms with E-state index < -0.39 is 0 Å². The van der Waals surface area contributed by atoms with Gasteiger partial charge in [-0.1, -0.05) is 6.07 Å². The Labute approximate surface area is 110 Å². The summed E-state index contributed by atoms with van der Waals surface area (Å²) in [6.45, 7) is 4.47. The van der Waals surface area contributed by atoms with E-state index in [1.165, 1.54) is 18.2 Å². The van der Waals surface area contributed by atoms with Crippen molar-refractivity contribution in [3.63, 3.8) is 0 Å². The Morgan fingerprint density at radius 3 is 2.89 bits per heavy atom. The third-order valence-electron chi connectivity index (χ3n) is 2.71. The number of rotatable bonds is 4. The van der Waals surface area contributed by atoms with Gasteiger partial charge in [-0.3, -0.25) is 4.79 Å². The van der Waals surface area contributed by atoms with Crippen molar-refractivity contribution in [3.8, 4) is 11.3 Å². The predicted octanol–water partition coefficient (Wildman–Crippen LogP) is 2.42. The van der Waals surface area contributed by atoms with Crippen molar-refractivity contribution < 1.29 is 9.13 Å². The first-order valence-corrected chi connectivity index (χ1v) is 6.04. The molecule has 0 spiro atoms. The van der Waals surface area contributed by atoms with Crippen LogP contribution in [0, 0.1) is 12.7 Å². The van der Waals surface area contributed by atoms with Crippen LogP contribution in [0.15, 0.2) is 29.1 Å². The van der Waals surface area contributed by atoms with E-state index in [0.717, 1.165) is 5.56 Å². The number of aromatic amines is 1. The van der Waals surface area contributed by atoms with E-state index in [4.69, 9.17) is 4.74 Å². The summed E-state index contributed by atoms with van der Waals surface area (Å²) in [6, 6.07) is 5.78. The molecule has 0 saturated heterocycles. The molecular formula is C14H15FN2O2. The van der Waals surface area contributed by atoms with Gasteiger partial charge in [-0.2, -0.15) is 0 Å². The summed E-state index contributed by atoms with van der Waals surface area (Å²) in [5, 5.41) is 0. The summed E-state index contributed by atoms with van der Waals surface area (Å²) in [6.07, 6.45) is 0. The average Bonchev–Trinajstić information content (AvgIpc) is 2.38. The van der Waals surface area contributed by atoms with Crippen molar-refractivity contribution in [1.29, 1.82) is 0 Å². The molecule has 1 aromatic heterocycles. The molecule has 0 amide bonds. The Morgan fingerprint density at radius 2 is 2.16 bits per heavy atom. The van der Waals surface area contributed by atoms with Gasteiger partial charge in [0.05, 0.1) is 5.69 Å². The number of aromatic nitrogens is 2. The zero-order chi connectivity index (χ0) is 13.8. The molecule has 0 aliphatic heterocycles. The van der Waals surface area contributed by atoms with Crippen LogP contribution >= 0.6 is 0 Å². The van der Waals surface area contributed by atoms with E-state index in [0.29, 0.717) is 23.7 Å². The van der Waals surface area contributed by atoms with Crippen LogP contribution in [0.2, 0.25) is 0 Å². The lowest BCUT2D eigenvalue weighted by molar-refractivity contribution is 0.128. The first kappa shape index (κ1) is 13.4. The maximum Gasteiger partial charge on any atom is 0.251 e. The molecule has 0 aliphatic carbocycles. The van der Waals surface area contributed by atoms with Gasteiger partial charge in [0.2, 0.25) is 0 Å². The number of aryl methyl sites for hydroxylation is 1. The van der Waals surface area contributed by atoms with Crippen LogP contribution in [0.3, 0.4) is 0 Å². The summed E-state index contributed by atoms with van der Waals surface area (Å²) >= 11 is 0. The first-order chi connectivity index (χ1) is 9.10. The number of hydrogen-bond donors (Lipinski definition) is 1. The van der Waals surface area contributed by atoms with Gasteiger partial charge in [0.1, 0.15) is 18.2 Å². The van der Waals surface area contributed by atoms with Gasteiger partial charge in [-0.15, -0.1) is 0 Å². The minimum atomic E-state index is -0.353. The Balaban J connectivity index is 2.46. The van der Waals surface area contributed by atoms with E-state index in [1.807, 2.05) is 13.8 Å². The van der Waals surface area contributed by atoms with Crippen LogP contribution in [-0.2, 0) is 11.3 Å². The second-order valence-electron chi connectivity index (χ2n) is 4.17. The number of nitrogens with zero attached hydrogens (tertiary/aromatic N) is 1. The molecule has 1 aromatic carbocycles. The molecule has 1 heterocycles. The molecule has 0 atom stereocenters. The smallest absolute Gasteiger partial charge is 0.251 e. The quantitative estimate of drug-likeness (QED) is 0.920. The first-order valence-electron chi connectivity index (χ1n) is 6.04. The highest BCUT2D eigenvalue weighted by Crippen LogP contribution is 2.21. The summed E-state index contributed by atoms with van der Waals surface area (Å²) < 4.78 is 18.5. The largest absolute Gasteiger partial charge is 0.374 e. The summed E-state index contributed by atoms with van der Waals surface area (Å²) in [5.41, 5.74) is 1.66. The summed E-state index contributed by atoms with van der Waals surface area (Å²) in [5.74, 6) is 0.0852. The molecule has 0 fully saturated rings. The molecule has 19 heavy (non-hydrogen) atoms. The topological polar surface area (TPSA) is 55.0 Å². The van der Waals surface area contributed by atoms with Crippen molar-refractivity contribution in [3.05, 3.63) is 51.8 Å². The third-order valence-corrected chi connectivity index (χ3v) is 2.71. The average molecular weight is 262 g/mol. The van der Waals surface area contributed by atoms with Crippen LogP contribution in [-0.4, -0.2) is 16.6 Å². The molecule has 5 heteroatoms. The molecule has 1 N–H and O–H groups in total. The predicted molar refractivity (Wildman–Crippen MR) is 70.3 cm³/mol. The lowest BCUT2D eigenvalue weighted by Gasteiger charge is -2.07. The monoisotopic (exact) mass is 262 g/mol. The Morgan fingerprint density at radius 1 is 1.37 bits per heavy atom. The number of ether oxygens (including phenoxy) is 1. The van der Waals surface area contributed by atoms with Gasteiger partial charge in [-0.25, -0.2) is 9.37 Å². The van der Waals surface area contributed by atoms with Gasteiger partial charge in [-0.05, 0) is 31.5 Å². The highest BCUT2D eigenvalue weighted by atomic mass is 19.1. The minimum Gasteiger partial charge on any atom is -0.374 e. The van der Waals surface area contributed by atoms with Gasteiger partial charge in [0, 0.05) is 18.2 Å². The van der Waals surface area contributed by atoms with Crippen molar-refractivity contribution in [2.75, 3.05) is 6.61 Å². The fourth-order valence-electron chi connectivity index (χ4n) is 1.78. The lowest BCUT2D eigenvalue weighted by Crippen LogP contribution is -2.12. The Bertz CT molecular complexity index is 638. The van der Waals surface area contributed by atoms with Gasteiger partial charge in [0.15, 0.2) is 0 Å². The zero-order valence-electron chi connectivity index (χ0n) is 10.9. The number of benzene rings is 1. The zero-order valence-corrected chi connectivity index (χ0v) is 10.9. The van der Waals surface area contributed by atoms with E-state index in [-0.39, 0.29) is 18.0 Å². The van der Waals surface area contributed by atoms with Crippen LogP contribution in [0.4, 0.5) is 4.39 Å². The van der Waals surface area contributed by atoms with Gasteiger partial charge in [0.25, 0.3) is 5.56 Å². The fraction of sp³-hybridized carbons (Fsp3) is 0.286. The van der Waals surface area contributed by atoms with Crippen LogP contribution < -0.4 is 5.56 Å². The van der Waals surface area contributed by atoms with Gasteiger partial charge < -0.3 is 9.72 Å². The highest BCUT2D eigenvalue weighted by Gasteiger charge is 2.08. The molecule has 4 nitrogen and oxygen atoms in total. The number of nitrogens with one attached hydrogen (secondary N) is 1. The molecule has 0 radical (unpaired) electrons. The normalized spacial score (nSPS) is 10.7. The Kier molecular flexibility index (Phi) is 4.06. The minimum absolute atomic E-state index is 0.230. The van der Waals surface area contributed by atoms with Crippen LogP contribution in [0.5, 0.6) is 0 Å². The lowest BCUT2D eigenvalue weighted by atomic mass is 10.1. The van der Waals surface area contributed by atoms with Crippen molar-refractivity contribution in [2.45, 2.75) is 20.5 Å². The maximum absolute atomic E-state index is 13.3. The molecule has 0 aliphatic rings. The fourth-order valence-corrected chi connectivity index (χ4v) is 1.78. The molecule has 2 rings (SSSR count). The maximum atomic E-state index is 13.3. The van der Waals surface area contributed by atoms with Crippen LogP contribution in [0.25, 0.3) is 11.3 Å². The van der Waals surface area contributed by atoms with Crippen molar-refractivity contribution in [1.82, 2.24) is 9.97 Å². The second-order valence-corrected chi connectivity index (χ2v) is 4.17. The Hall–Kier alpha value is -2.01. The molecule has 100 valence electrons. The van der Waals surface area contributed by atoms with E-state index in [9.17, 15) is 9.18 Å².